The molecule has 3 N–H and O–H groups in total. The fraction of sp³-hybridized carbons (Fsp3) is 0.235. The van der Waals surface area contributed by atoms with Crippen molar-refractivity contribution >= 4 is 44.7 Å². The van der Waals surface area contributed by atoms with E-state index in [0.29, 0.717) is 24.1 Å². The van der Waals surface area contributed by atoms with Crippen LogP contribution in [0.3, 0.4) is 0 Å². The van der Waals surface area contributed by atoms with Crippen molar-refractivity contribution in [2.75, 3.05) is 25.7 Å². The van der Waals surface area contributed by atoms with Crippen molar-refractivity contribution in [2.45, 2.75) is 6.92 Å². The largest absolute Gasteiger partial charge is 0.383 e. The first kappa shape index (κ1) is 17.5. The first-order chi connectivity index (χ1) is 12.2. The van der Waals surface area contributed by atoms with Crippen LogP contribution in [0.25, 0.3) is 20.7 Å². The predicted molar refractivity (Wildman–Crippen MR) is 107 cm³/mol. The Bertz CT molecular complexity index is 880. The van der Waals surface area contributed by atoms with Crippen LogP contribution in [-0.4, -0.2) is 35.3 Å². The van der Waals surface area contributed by atoms with E-state index in [9.17, 15) is 0 Å². The summed E-state index contributed by atoms with van der Waals surface area (Å²) >= 11 is 6.85. The standard InChI is InChI=1S/C17H19N5OS2/c1-11-4-3-5-12(8-11)14-9-13-15(25-14)16(20-10-19-13)21-22-17(24)18-6-7-23-2/h3-5,8-10H,6-7H2,1-2H3,(H2,18,22,24)(H,19,20,21). The Labute approximate surface area is 155 Å². The van der Waals surface area contributed by atoms with Crippen molar-refractivity contribution in [3.63, 3.8) is 0 Å². The topological polar surface area (TPSA) is 71.1 Å². The van der Waals surface area contributed by atoms with Crippen LogP contribution in [0.2, 0.25) is 0 Å². The highest BCUT2D eigenvalue weighted by atomic mass is 32.1. The Morgan fingerprint density at radius 1 is 1.28 bits per heavy atom. The molecule has 0 amide bonds. The van der Waals surface area contributed by atoms with Gasteiger partial charge in [0.15, 0.2) is 10.9 Å². The van der Waals surface area contributed by atoms with E-state index >= 15 is 0 Å². The molecule has 6 nitrogen and oxygen atoms in total. The van der Waals surface area contributed by atoms with E-state index < -0.39 is 0 Å². The number of fused-ring (bicyclic) bond motifs is 1. The van der Waals surface area contributed by atoms with Crippen LogP contribution in [0.1, 0.15) is 5.56 Å². The van der Waals surface area contributed by atoms with Crippen molar-refractivity contribution in [3.8, 4) is 10.4 Å². The summed E-state index contributed by atoms with van der Waals surface area (Å²) in [5.41, 5.74) is 9.31. The number of ether oxygens (including phenoxy) is 1. The maximum atomic E-state index is 5.21. The number of hydrogen-bond acceptors (Lipinski definition) is 6. The number of nitrogens with one attached hydrogen (secondary N) is 3. The number of rotatable bonds is 6. The van der Waals surface area contributed by atoms with Crippen LogP contribution in [0.4, 0.5) is 5.82 Å². The lowest BCUT2D eigenvalue weighted by atomic mass is 10.1. The van der Waals surface area contributed by atoms with Gasteiger partial charge in [-0.1, -0.05) is 29.8 Å². The van der Waals surface area contributed by atoms with E-state index in [0.717, 1.165) is 15.1 Å². The molecule has 8 heteroatoms. The van der Waals surface area contributed by atoms with Gasteiger partial charge in [-0.2, -0.15) is 0 Å². The molecule has 1 aromatic carbocycles. The van der Waals surface area contributed by atoms with E-state index in [4.69, 9.17) is 17.0 Å². The van der Waals surface area contributed by atoms with Crippen molar-refractivity contribution in [1.82, 2.24) is 20.7 Å². The minimum Gasteiger partial charge on any atom is -0.383 e. The number of benzene rings is 1. The molecule has 0 aliphatic rings. The molecule has 0 aliphatic heterocycles. The second kappa shape index (κ2) is 8.19. The molecule has 3 aromatic rings. The van der Waals surface area contributed by atoms with Gasteiger partial charge in [0.25, 0.3) is 0 Å². The molecule has 2 aromatic heterocycles. The van der Waals surface area contributed by atoms with Crippen molar-refractivity contribution in [2.24, 2.45) is 0 Å². The van der Waals surface area contributed by atoms with Gasteiger partial charge in [0, 0.05) is 18.5 Å². The number of hydrogen-bond donors (Lipinski definition) is 3. The molecule has 0 bridgehead atoms. The molecule has 0 aliphatic carbocycles. The molecule has 2 heterocycles. The summed E-state index contributed by atoms with van der Waals surface area (Å²) in [5, 5.41) is 3.52. The number of thiophene rings is 1. The van der Waals surface area contributed by atoms with Crippen molar-refractivity contribution in [1.29, 1.82) is 0 Å². The minimum absolute atomic E-state index is 0.485. The van der Waals surface area contributed by atoms with Crippen molar-refractivity contribution in [3.05, 3.63) is 42.2 Å². The van der Waals surface area contributed by atoms with Gasteiger partial charge in [-0.3, -0.25) is 10.9 Å². The lowest BCUT2D eigenvalue weighted by molar-refractivity contribution is 0.204. The van der Waals surface area contributed by atoms with Gasteiger partial charge in [-0.15, -0.1) is 11.3 Å². The van der Waals surface area contributed by atoms with Crippen LogP contribution in [0, 0.1) is 6.92 Å². The molecule has 25 heavy (non-hydrogen) atoms. The molecule has 0 radical (unpaired) electrons. The van der Waals surface area contributed by atoms with Gasteiger partial charge in [0.2, 0.25) is 0 Å². The summed E-state index contributed by atoms with van der Waals surface area (Å²) in [4.78, 5) is 9.83. The summed E-state index contributed by atoms with van der Waals surface area (Å²) in [7, 11) is 1.65. The number of aryl methyl sites for hydroxylation is 1. The van der Waals surface area contributed by atoms with Gasteiger partial charge in [0.05, 0.1) is 16.8 Å². The number of thiocarbonyl (C=S) groups is 1. The van der Waals surface area contributed by atoms with Crippen LogP contribution in [0.5, 0.6) is 0 Å². The fourth-order valence-corrected chi connectivity index (χ4v) is 3.52. The van der Waals surface area contributed by atoms with E-state index in [-0.39, 0.29) is 0 Å². The van der Waals surface area contributed by atoms with E-state index in [1.165, 1.54) is 11.1 Å². The number of anilines is 1. The Morgan fingerprint density at radius 2 is 2.16 bits per heavy atom. The summed E-state index contributed by atoms with van der Waals surface area (Å²) in [5.74, 6) is 0.699. The van der Waals surface area contributed by atoms with Gasteiger partial charge in [0.1, 0.15) is 6.33 Å². The summed E-state index contributed by atoms with van der Waals surface area (Å²) in [6.45, 7) is 3.31. The lowest BCUT2D eigenvalue weighted by Gasteiger charge is -2.11. The number of aromatic nitrogens is 2. The Kier molecular flexibility index (Phi) is 5.75. The van der Waals surface area contributed by atoms with E-state index in [2.05, 4.69) is 63.4 Å². The zero-order chi connectivity index (χ0) is 17.6. The third-order valence-corrected chi connectivity index (χ3v) is 4.93. The van der Waals surface area contributed by atoms with Crippen molar-refractivity contribution < 1.29 is 4.74 Å². The highest BCUT2D eigenvalue weighted by molar-refractivity contribution is 7.80. The summed E-state index contributed by atoms with van der Waals surface area (Å²) in [6, 6.07) is 10.5. The summed E-state index contributed by atoms with van der Waals surface area (Å²) < 4.78 is 5.95. The average molecular weight is 374 g/mol. The van der Waals surface area contributed by atoms with Crippen LogP contribution >= 0.6 is 23.6 Å². The third-order valence-electron chi connectivity index (χ3n) is 3.50. The van der Waals surface area contributed by atoms with E-state index in [1.807, 2.05) is 0 Å². The third kappa shape index (κ3) is 4.41. The zero-order valence-corrected chi connectivity index (χ0v) is 15.6. The smallest absolute Gasteiger partial charge is 0.185 e. The Balaban J connectivity index is 1.77. The monoisotopic (exact) mass is 373 g/mol. The molecular weight excluding hydrogens is 354 g/mol. The SMILES string of the molecule is COCCNC(=S)NNc1ncnc2cc(-c3cccc(C)c3)sc12. The Hall–Kier alpha value is -2.29. The van der Waals surface area contributed by atoms with Gasteiger partial charge >= 0.3 is 0 Å². The normalized spacial score (nSPS) is 10.6. The first-order valence-corrected chi connectivity index (χ1v) is 9.00. The van der Waals surface area contributed by atoms with E-state index in [1.54, 1.807) is 24.8 Å². The van der Waals surface area contributed by atoms with Gasteiger partial charge in [-0.05, 0) is 30.8 Å². The fourth-order valence-electron chi connectivity index (χ4n) is 2.31. The number of methoxy groups -OCH3 is 1. The number of hydrazine groups is 1. The molecule has 0 saturated carbocycles. The van der Waals surface area contributed by atoms with Crippen LogP contribution in [0.15, 0.2) is 36.7 Å². The number of nitrogens with zero attached hydrogens (tertiary/aromatic N) is 2. The zero-order valence-electron chi connectivity index (χ0n) is 14.0. The molecule has 0 fully saturated rings. The molecule has 0 saturated heterocycles. The van der Waals surface area contributed by atoms with Crippen LogP contribution < -0.4 is 16.2 Å². The van der Waals surface area contributed by atoms with Gasteiger partial charge < -0.3 is 10.1 Å². The molecule has 130 valence electrons. The molecular formula is C17H19N5OS2. The van der Waals surface area contributed by atoms with Crippen LogP contribution in [-0.2, 0) is 4.74 Å². The predicted octanol–water partition coefficient (Wildman–Crippen LogP) is 3.10. The second-order valence-corrected chi connectivity index (χ2v) is 6.88. The second-order valence-electron chi connectivity index (χ2n) is 5.42. The molecule has 0 unspecified atom stereocenters. The maximum Gasteiger partial charge on any atom is 0.185 e. The highest BCUT2D eigenvalue weighted by Crippen LogP contribution is 2.35. The highest BCUT2D eigenvalue weighted by Gasteiger charge is 2.10. The summed E-state index contributed by atoms with van der Waals surface area (Å²) in [6.07, 6.45) is 1.54. The lowest BCUT2D eigenvalue weighted by Crippen LogP contribution is -2.40. The Morgan fingerprint density at radius 3 is 2.96 bits per heavy atom. The molecule has 0 atom stereocenters. The molecule has 0 spiro atoms. The van der Waals surface area contributed by atoms with Gasteiger partial charge in [-0.25, -0.2) is 9.97 Å². The molecule has 3 rings (SSSR count). The maximum absolute atomic E-state index is 5.21. The minimum atomic E-state index is 0.485. The average Bonchev–Trinajstić information content (AvgIpc) is 3.05. The quantitative estimate of drug-likeness (QED) is 0.348. The first-order valence-electron chi connectivity index (χ1n) is 7.78.